The lowest BCUT2D eigenvalue weighted by Crippen LogP contribution is -2.45. The van der Waals surface area contributed by atoms with E-state index in [1.54, 1.807) is 29.2 Å². The molecule has 2 aliphatic rings. The smallest absolute Gasteiger partial charge is 0.262 e. The molecular weight excluding hydrogens is 340 g/mol. The summed E-state index contributed by atoms with van der Waals surface area (Å²) in [6.45, 7) is 3.01. The summed E-state index contributed by atoms with van der Waals surface area (Å²) in [5.41, 5.74) is 0.677. The van der Waals surface area contributed by atoms with Crippen molar-refractivity contribution in [3.8, 4) is 0 Å². The highest BCUT2D eigenvalue weighted by Gasteiger charge is 2.36. The molecular formula is C18H22N2O6. The van der Waals surface area contributed by atoms with Gasteiger partial charge in [0.1, 0.15) is 6.54 Å². The Labute approximate surface area is 151 Å². The standard InChI is InChI=1S/C18H22N2O6/c21-16(19-5-7-24-9-11-26-12-10-25-8-6-19)13-20-17(22)14-3-1-2-4-15(14)18(20)23/h1-4H,5-13H2. The molecule has 1 aromatic rings. The van der Waals surface area contributed by atoms with Gasteiger partial charge in [0.05, 0.1) is 50.8 Å². The third-order valence-electron chi connectivity index (χ3n) is 4.28. The second-order valence-electron chi connectivity index (χ2n) is 5.96. The number of carbonyl (C=O) groups excluding carboxylic acids is 3. The van der Waals surface area contributed by atoms with Crippen LogP contribution in [0.4, 0.5) is 0 Å². The summed E-state index contributed by atoms with van der Waals surface area (Å²) in [6.07, 6.45) is 0. The first-order valence-corrected chi connectivity index (χ1v) is 8.64. The van der Waals surface area contributed by atoms with E-state index in [1.807, 2.05) is 0 Å². The zero-order valence-electron chi connectivity index (χ0n) is 14.5. The number of carbonyl (C=O) groups is 3. The third kappa shape index (κ3) is 4.27. The van der Waals surface area contributed by atoms with Crippen LogP contribution in [0.2, 0.25) is 0 Å². The Morgan fingerprint density at radius 2 is 1.27 bits per heavy atom. The van der Waals surface area contributed by atoms with Crippen molar-refractivity contribution in [1.82, 2.24) is 9.80 Å². The van der Waals surface area contributed by atoms with Crippen molar-refractivity contribution < 1.29 is 28.6 Å². The van der Waals surface area contributed by atoms with Crippen molar-refractivity contribution in [2.45, 2.75) is 0 Å². The van der Waals surface area contributed by atoms with Crippen LogP contribution in [-0.2, 0) is 19.0 Å². The maximum atomic E-state index is 12.7. The van der Waals surface area contributed by atoms with Crippen molar-refractivity contribution in [2.24, 2.45) is 0 Å². The number of hydrogen-bond donors (Lipinski definition) is 0. The Hall–Kier alpha value is -2.29. The molecule has 26 heavy (non-hydrogen) atoms. The van der Waals surface area contributed by atoms with E-state index in [-0.39, 0.29) is 12.5 Å². The van der Waals surface area contributed by atoms with Crippen molar-refractivity contribution >= 4 is 17.7 Å². The van der Waals surface area contributed by atoms with Gasteiger partial charge in [-0.05, 0) is 12.1 Å². The predicted molar refractivity (Wildman–Crippen MR) is 90.8 cm³/mol. The second-order valence-corrected chi connectivity index (χ2v) is 5.96. The zero-order chi connectivity index (χ0) is 18.4. The van der Waals surface area contributed by atoms with Crippen LogP contribution in [0.1, 0.15) is 20.7 Å². The van der Waals surface area contributed by atoms with Crippen molar-refractivity contribution in [2.75, 3.05) is 59.3 Å². The average Bonchev–Trinajstić information content (AvgIpc) is 2.87. The van der Waals surface area contributed by atoms with Crippen LogP contribution in [0.15, 0.2) is 24.3 Å². The average molecular weight is 362 g/mol. The number of fused-ring (bicyclic) bond motifs is 1. The van der Waals surface area contributed by atoms with E-state index < -0.39 is 11.8 Å². The maximum absolute atomic E-state index is 12.7. The van der Waals surface area contributed by atoms with E-state index in [9.17, 15) is 14.4 Å². The highest BCUT2D eigenvalue weighted by atomic mass is 16.5. The molecule has 0 spiro atoms. The fourth-order valence-corrected chi connectivity index (χ4v) is 2.87. The molecule has 3 amide bonds. The monoisotopic (exact) mass is 362 g/mol. The van der Waals surface area contributed by atoms with Gasteiger partial charge < -0.3 is 19.1 Å². The van der Waals surface area contributed by atoms with Gasteiger partial charge in [0.25, 0.3) is 11.8 Å². The summed E-state index contributed by atoms with van der Waals surface area (Å²) in [7, 11) is 0. The minimum absolute atomic E-state index is 0.282. The van der Waals surface area contributed by atoms with Crippen LogP contribution >= 0.6 is 0 Å². The first-order valence-electron chi connectivity index (χ1n) is 8.64. The number of nitrogens with zero attached hydrogens (tertiary/aromatic N) is 2. The SMILES string of the molecule is O=C(CN1C(=O)c2ccccc2C1=O)N1CCOCCOCCOCC1. The van der Waals surface area contributed by atoms with Crippen LogP contribution < -0.4 is 0 Å². The predicted octanol–water partition coefficient (Wildman–Crippen LogP) is 0.175. The van der Waals surface area contributed by atoms with Gasteiger partial charge in [0, 0.05) is 13.1 Å². The molecule has 0 radical (unpaired) electrons. The number of ether oxygens (including phenoxy) is 3. The van der Waals surface area contributed by atoms with Gasteiger partial charge in [0.15, 0.2) is 0 Å². The summed E-state index contributed by atoms with van der Waals surface area (Å²) < 4.78 is 16.2. The lowest BCUT2D eigenvalue weighted by Gasteiger charge is -2.25. The van der Waals surface area contributed by atoms with Crippen molar-refractivity contribution in [3.05, 3.63) is 35.4 Å². The molecule has 0 aliphatic carbocycles. The minimum Gasteiger partial charge on any atom is -0.377 e. The molecule has 140 valence electrons. The van der Waals surface area contributed by atoms with Crippen LogP contribution in [0.5, 0.6) is 0 Å². The summed E-state index contributed by atoms with van der Waals surface area (Å²) >= 11 is 0. The second kappa shape index (κ2) is 8.88. The van der Waals surface area contributed by atoms with E-state index >= 15 is 0 Å². The molecule has 8 nitrogen and oxygen atoms in total. The molecule has 0 bridgehead atoms. The van der Waals surface area contributed by atoms with Crippen molar-refractivity contribution in [3.63, 3.8) is 0 Å². The van der Waals surface area contributed by atoms with E-state index in [2.05, 4.69) is 0 Å². The normalized spacial score (nSPS) is 19.7. The largest absolute Gasteiger partial charge is 0.377 e. The van der Waals surface area contributed by atoms with Gasteiger partial charge in [-0.2, -0.15) is 0 Å². The Bertz CT molecular complexity index is 630. The summed E-state index contributed by atoms with van der Waals surface area (Å²) in [5, 5.41) is 0. The molecule has 0 unspecified atom stereocenters. The van der Waals surface area contributed by atoms with Crippen LogP contribution in [0, 0.1) is 0 Å². The number of amides is 3. The zero-order valence-corrected chi connectivity index (χ0v) is 14.5. The molecule has 0 aromatic heterocycles. The molecule has 2 heterocycles. The van der Waals surface area contributed by atoms with Gasteiger partial charge in [0.2, 0.25) is 5.91 Å². The molecule has 0 atom stereocenters. The highest BCUT2D eigenvalue weighted by Crippen LogP contribution is 2.22. The molecule has 0 saturated carbocycles. The number of imide groups is 1. The maximum Gasteiger partial charge on any atom is 0.262 e. The fraction of sp³-hybridized carbons (Fsp3) is 0.500. The summed E-state index contributed by atoms with van der Waals surface area (Å²) in [5.74, 6) is -1.17. The van der Waals surface area contributed by atoms with Crippen LogP contribution in [-0.4, -0.2) is 86.8 Å². The molecule has 0 N–H and O–H groups in total. The Morgan fingerprint density at radius 1 is 0.808 bits per heavy atom. The molecule has 8 heteroatoms. The van der Waals surface area contributed by atoms with Gasteiger partial charge in [-0.1, -0.05) is 12.1 Å². The Balaban J connectivity index is 1.62. The van der Waals surface area contributed by atoms with E-state index in [4.69, 9.17) is 14.2 Å². The van der Waals surface area contributed by atoms with E-state index in [0.29, 0.717) is 63.9 Å². The summed E-state index contributed by atoms with van der Waals surface area (Å²) in [6, 6.07) is 6.59. The van der Waals surface area contributed by atoms with E-state index in [1.165, 1.54) is 0 Å². The van der Waals surface area contributed by atoms with E-state index in [0.717, 1.165) is 4.90 Å². The molecule has 1 saturated heterocycles. The van der Waals surface area contributed by atoms with Crippen LogP contribution in [0.3, 0.4) is 0 Å². The quantitative estimate of drug-likeness (QED) is 0.698. The van der Waals surface area contributed by atoms with Gasteiger partial charge in [-0.3, -0.25) is 19.3 Å². The fourth-order valence-electron chi connectivity index (χ4n) is 2.87. The first-order chi connectivity index (χ1) is 12.7. The topological polar surface area (TPSA) is 85.4 Å². The molecule has 1 fully saturated rings. The molecule has 1 aromatic carbocycles. The molecule has 2 aliphatic heterocycles. The highest BCUT2D eigenvalue weighted by molar-refractivity contribution is 6.22. The van der Waals surface area contributed by atoms with Crippen LogP contribution in [0.25, 0.3) is 0 Å². The van der Waals surface area contributed by atoms with Gasteiger partial charge >= 0.3 is 0 Å². The van der Waals surface area contributed by atoms with Gasteiger partial charge in [-0.25, -0.2) is 0 Å². The first kappa shape index (κ1) is 18.5. The Kier molecular flexibility index (Phi) is 6.32. The summed E-state index contributed by atoms with van der Waals surface area (Å²) in [4.78, 5) is 40.0. The van der Waals surface area contributed by atoms with Gasteiger partial charge in [-0.15, -0.1) is 0 Å². The number of benzene rings is 1. The van der Waals surface area contributed by atoms with Crippen molar-refractivity contribution in [1.29, 1.82) is 0 Å². The Morgan fingerprint density at radius 3 is 1.77 bits per heavy atom. The lowest BCUT2D eigenvalue weighted by atomic mass is 10.1. The lowest BCUT2D eigenvalue weighted by molar-refractivity contribution is -0.133. The molecule has 3 rings (SSSR count). The third-order valence-corrected chi connectivity index (χ3v) is 4.28. The number of hydrogen-bond acceptors (Lipinski definition) is 6. The minimum atomic E-state index is -0.432. The number of rotatable bonds is 2.